The molecule has 0 aromatic heterocycles. The summed E-state index contributed by atoms with van der Waals surface area (Å²) in [5.74, 6) is 0.337. The molecule has 0 spiro atoms. The average molecular weight is 175 g/mol. The van der Waals surface area contributed by atoms with Gasteiger partial charge in [0, 0.05) is 26.3 Å². The van der Waals surface area contributed by atoms with Crippen LogP contribution in [0.4, 0.5) is 0 Å². The smallest absolute Gasteiger partial charge is 0.0468 e. The van der Waals surface area contributed by atoms with Crippen molar-refractivity contribution in [3.05, 3.63) is 0 Å². The minimum atomic E-state index is 0.246. The van der Waals surface area contributed by atoms with E-state index in [1.54, 1.807) is 0 Å². The summed E-state index contributed by atoms with van der Waals surface area (Å²) in [6.07, 6.45) is 0.825. The highest BCUT2D eigenvalue weighted by Gasteiger charge is 2.06. The second-order valence-electron chi connectivity index (χ2n) is 3.26. The molecule has 12 heavy (non-hydrogen) atoms. The van der Waals surface area contributed by atoms with Crippen molar-refractivity contribution in [3.8, 4) is 0 Å². The molecule has 0 aromatic carbocycles. The van der Waals surface area contributed by atoms with E-state index in [-0.39, 0.29) is 13.2 Å². The quantitative estimate of drug-likeness (QED) is 0.585. The van der Waals surface area contributed by atoms with Crippen LogP contribution in [0, 0.1) is 5.92 Å². The number of aliphatic hydroxyl groups excluding tert-OH is 2. The lowest BCUT2D eigenvalue weighted by molar-refractivity contribution is 0.167. The van der Waals surface area contributed by atoms with Crippen molar-refractivity contribution < 1.29 is 10.2 Å². The Balaban J connectivity index is 3.51. The summed E-state index contributed by atoms with van der Waals surface area (Å²) in [6, 6.07) is 0. The van der Waals surface area contributed by atoms with Crippen molar-refractivity contribution in [1.29, 1.82) is 0 Å². The van der Waals surface area contributed by atoms with Gasteiger partial charge in [-0.1, -0.05) is 13.8 Å². The van der Waals surface area contributed by atoms with E-state index in [9.17, 15) is 0 Å². The van der Waals surface area contributed by atoms with E-state index in [1.807, 2.05) is 6.92 Å². The van der Waals surface area contributed by atoms with Gasteiger partial charge in [-0.15, -0.1) is 0 Å². The van der Waals surface area contributed by atoms with Crippen LogP contribution in [0.1, 0.15) is 20.3 Å². The molecule has 3 nitrogen and oxygen atoms in total. The standard InChI is InChI=1S/C9H21NO2/c1-3-10(5-4-6-11)7-9(2)8-12/h9,11-12H,3-8H2,1-2H3. The maximum absolute atomic E-state index is 8.83. The Morgan fingerprint density at radius 1 is 1.33 bits per heavy atom. The topological polar surface area (TPSA) is 43.7 Å². The lowest BCUT2D eigenvalue weighted by Gasteiger charge is -2.22. The van der Waals surface area contributed by atoms with Crippen LogP contribution < -0.4 is 0 Å². The van der Waals surface area contributed by atoms with E-state index >= 15 is 0 Å². The Bertz CT molecular complexity index is 98.5. The van der Waals surface area contributed by atoms with Gasteiger partial charge in [0.25, 0.3) is 0 Å². The molecule has 0 aliphatic heterocycles. The Morgan fingerprint density at radius 3 is 2.42 bits per heavy atom. The average Bonchev–Trinajstić information content (AvgIpc) is 2.11. The molecule has 0 aliphatic carbocycles. The fourth-order valence-electron chi connectivity index (χ4n) is 1.17. The van der Waals surface area contributed by atoms with Crippen LogP contribution in [-0.2, 0) is 0 Å². The molecule has 0 fully saturated rings. The maximum atomic E-state index is 8.83. The number of nitrogens with zero attached hydrogens (tertiary/aromatic N) is 1. The second kappa shape index (κ2) is 7.53. The molecule has 3 heteroatoms. The van der Waals surface area contributed by atoms with Crippen LogP contribution >= 0.6 is 0 Å². The second-order valence-corrected chi connectivity index (χ2v) is 3.26. The van der Waals surface area contributed by atoms with Gasteiger partial charge >= 0.3 is 0 Å². The molecular weight excluding hydrogens is 154 g/mol. The predicted molar refractivity (Wildman–Crippen MR) is 50.1 cm³/mol. The van der Waals surface area contributed by atoms with Crippen LogP contribution in [-0.4, -0.2) is 48.0 Å². The van der Waals surface area contributed by atoms with Crippen LogP contribution in [0.3, 0.4) is 0 Å². The molecular formula is C9H21NO2. The molecule has 0 rings (SSSR count). The third-order valence-electron chi connectivity index (χ3n) is 1.96. The Morgan fingerprint density at radius 2 is 2.00 bits per heavy atom. The third kappa shape index (κ3) is 5.52. The zero-order valence-corrected chi connectivity index (χ0v) is 8.16. The third-order valence-corrected chi connectivity index (χ3v) is 1.96. The van der Waals surface area contributed by atoms with Crippen LogP contribution in [0.15, 0.2) is 0 Å². The highest BCUT2D eigenvalue weighted by Crippen LogP contribution is 1.99. The summed E-state index contributed by atoms with van der Waals surface area (Å²) >= 11 is 0. The van der Waals surface area contributed by atoms with E-state index in [0.717, 1.165) is 26.1 Å². The molecule has 74 valence electrons. The normalized spacial score (nSPS) is 13.8. The fourth-order valence-corrected chi connectivity index (χ4v) is 1.17. The van der Waals surface area contributed by atoms with Gasteiger partial charge in [-0.05, 0) is 18.9 Å². The molecule has 2 N–H and O–H groups in total. The van der Waals surface area contributed by atoms with Crippen LogP contribution in [0.25, 0.3) is 0 Å². The Labute approximate surface area is 75.0 Å². The summed E-state index contributed by atoms with van der Waals surface area (Å²) in [5, 5.41) is 17.5. The molecule has 0 amide bonds. The van der Waals surface area contributed by atoms with Gasteiger partial charge in [0.15, 0.2) is 0 Å². The minimum absolute atomic E-state index is 0.246. The van der Waals surface area contributed by atoms with Gasteiger partial charge < -0.3 is 15.1 Å². The first-order valence-electron chi connectivity index (χ1n) is 4.68. The molecule has 0 heterocycles. The Kier molecular flexibility index (Phi) is 7.45. The molecule has 0 saturated heterocycles. The van der Waals surface area contributed by atoms with E-state index in [4.69, 9.17) is 10.2 Å². The van der Waals surface area contributed by atoms with Gasteiger partial charge in [-0.3, -0.25) is 0 Å². The van der Waals surface area contributed by atoms with E-state index in [0.29, 0.717) is 5.92 Å². The first kappa shape index (κ1) is 11.9. The summed E-state index contributed by atoms with van der Waals surface area (Å²) in [6.45, 7) is 7.47. The van der Waals surface area contributed by atoms with Crippen molar-refractivity contribution in [1.82, 2.24) is 4.90 Å². The van der Waals surface area contributed by atoms with Crippen LogP contribution in [0.5, 0.6) is 0 Å². The largest absolute Gasteiger partial charge is 0.396 e. The number of hydrogen-bond acceptors (Lipinski definition) is 3. The lowest BCUT2D eigenvalue weighted by atomic mass is 10.2. The van der Waals surface area contributed by atoms with Crippen molar-refractivity contribution >= 4 is 0 Å². The van der Waals surface area contributed by atoms with E-state index in [1.165, 1.54) is 0 Å². The van der Waals surface area contributed by atoms with Gasteiger partial charge in [-0.2, -0.15) is 0 Å². The van der Waals surface area contributed by atoms with Crippen molar-refractivity contribution in [2.45, 2.75) is 20.3 Å². The lowest BCUT2D eigenvalue weighted by Crippen LogP contribution is -2.31. The van der Waals surface area contributed by atoms with Crippen molar-refractivity contribution in [2.75, 3.05) is 32.8 Å². The number of hydrogen-bond donors (Lipinski definition) is 2. The fraction of sp³-hybridized carbons (Fsp3) is 1.00. The number of aliphatic hydroxyl groups is 2. The van der Waals surface area contributed by atoms with Gasteiger partial charge in [-0.25, -0.2) is 0 Å². The van der Waals surface area contributed by atoms with E-state index < -0.39 is 0 Å². The highest BCUT2D eigenvalue weighted by atomic mass is 16.3. The maximum Gasteiger partial charge on any atom is 0.0468 e. The summed E-state index contributed by atoms with van der Waals surface area (Å²) in [4.78, 5) is 2.25. The molecule has 0 bridgehead atoms. The molecule has 0 aromatic rings. The SMILES string of the molecule is CCN(CCCO)CC(C)CO. The first-order chi connectivity index (χ1) is 5.74. The van der Waals surface area contributed by atoms with Gasteiger partial charge in [0.2, 0.25) is 0 Å². The van der Waals surface area contributed by atoms with Crippen LogP contribution in [0.2, 0.25) is 0 Å². The molecule has 1 atom stereocenters. The minimum Gasteiger partial charge on any atom is -0.396 e. The molecule has 0 aliphatic rings. The monoisotopic (exact) mass is 175 g/mol. The molecule has 1 unspecified atom stereocenters. The number of rotatable bonds is 7. The first-order valence-corrected chi connectivity index (χ1v) is 4.68. The molecule has 0 radical (unpaired) electrons. The zero-order chi connectivity index (χ0) is 9.40. The van der Waals surface area contributed by atoms with E-state index in [2.05, 4.69) is 11.8 Å². The zero-order valence-electron chi connectivity index (χ0n) is 8.16. The van der Waals surface area contributed by atoms with Gasteiger partial charge in [0.05, 0.1) is 0 Å². The Hall–Kier alpha value is -0.120. The summed E-state index contributed by atoms with van der Waals surface area (Å²) in [5.41, 5.74) is 0. The van der Waals surface area contributed by atoms with Crippen molar-refractivity contribution in [2.24, 2.45) is 5.92 Å². The predicted octanol–water partition coefficient (Wildman–Crippen LogP) is 0.319. The summed E-state index contributed by atoms with van der Waals surface area (Å²) < 4.78 is 0. The molecule has 0 saturated carbocycles. The highest BCUT2D eigenvalue weighted by molar-refractivity contribution is 4.60. The van der Waals surface area contributed by atoms with Crippen molar-refractivity contribution in [3.63, 3.8) is 0 Å². The summed E-state index contributed by atoms with van der Waals surface area (Å²) in [7, 11) is 0. The van der Waals surface area contributed by atoms with Gasteiger partial charge in [0.1, 0.15) is 0 Å².